The summed E-state index contributed by atoms with van der Waals surface area (Å²) in [5, 5.41) is 14.0. The molecule has 0 radical (unpaired) electrons. The number of benzene rings is 1. The molecule has 1 aliphatic carbocycles. The molecule has 0 aromatic heterocycles. The molecule has 6 heteroatoms. The van der Waals surface area contributed by atoms with E-state index >= 15 is 0 Å². The molecule has 20 heavy (non-hydrogen) atoms. The first kappa shape index (κ1) is 13.1. The molecule has 1 atom stereocenters. The SMILES string of the molecule is O=C1CNC(c2cccc([N+](=O)[O-])c2)N1CC1CCC1. The number of hydrogen-bond acceptors (Lipinski definition) is 4. The fraction of sp³-hybridized carbons (Fsp3) is 0.500. The average molecular weight is 275 g/mol. The van der Waals surface area contributed by atoms with Gasteiger partial charge in [-0.3, -0.25) is 20.2 Å². The van der Waals surface area contributed by atoms with E-state index < -0.39 is 4.92 Å². The number of nitro benzene ring substituents is 1. The highest BCUT2D eigenvalue weighted by molar-refractivity contribution is 5.81. The number of carbonyl (C=O) groups is 1. The van der Waals surface area contributed by atoms with Gasteiger partial charge in [0.05, 0.1) is 11.5 Å². The summed E-state index contributed by atoms with van der Waals surface area (Å²) in [4.78, 5) is 24.2. The van der Waals surface area contributed by atoms with Crippen LogP contribution in [0.5, 0.6) is 0 Å². The number of nitrogens with zero attached hydrogens (tertiary/aromatic N) is 2. The highest BCUT2D eigenvalue weighted by Crippen LogP contribution is 2.32. The maximum Gasteiger partial charge on any atom is 0.269 e. The molecule has 1 N–H and O–H groups in total. The maximum absolute atomic E-state index is 12.0. The summed E-state index contributed by atoms with van der Waals surface area (Å²) >= 11 is 0. The lowest BCUT2D eigenvalue weighted by atomic mass is 9.85. The van der Waals surface area contributed by atoms with Crippen LogP contribution in [0.25, 0.3) is 0 Å². The van der Waals surface area contributed by atoms with Gasteiger partial charge in [0.25, 0.3) is 5.69 Å². The molecule has 1 unspecified atom stereocenters. The average Bonchev–Trinajstić information content (AvgIpc) is 2.75. The van der Waals surface area contributed by atoms with Gasteiger partial charge in [-0.2, -0.15) is 0 Å². The first-order chi connectivity index (χ1) is 9.65. The van der Waals surface area contributed by atoms with Crippen molar-refractivity contribution in [3.05, 3.63) is 39.9 Å². The molecule has 1 saturated heterocycles. The third-order valence-electron chi connectivity index (χ3n) is 4.16. The second-order valence-corrected chi connectivity index (χ2v) is 5.48. The number of hydrogen-bond donors (Lipinski definition) is 1. The van der Waals surface area contributed by atoms with Crippen molar-refractivity contribution in [1.29, 1.82) is 0 Å². The van der Waals surface area contributed by atoms with Gasteiger partial charge < -0.3 is 4.90 Å². The number of non-ortho nitro benzene ring substituents is 1. The van der Waals surface area contributed by atoms with E-state index in [-0.39, 0.29) is 17.8 Å². The third-order valence-corrected chi connectivity index (χ3v) is 4.16. The fourth-order valence-corrected chi connectivity index (χ4v) is 2.81. The van der Waals surface area contributed by atoms with Crippen LogP contribution in [-0.4, -0.2) is 28.8 Å². The Balaban J connectivity index is 1.81. The lowest BCUT2D eigenvalue weighted by molar-refractivity contribution is -0.385. The van der Waals surface area contributed by atoms with Crippen LogP contribution >= 0.6 is 0 Å². The van der Waals surface area contributed by atoms with Crippen LogP contribution in [-0.2, 0) is 4.79 Å². The van der Waals surface area contributed by atoms with Gasteiger partial charge in [-0.15, -0.1) is 0 Å². The second-order valence-electron chi connectivity index (χ2n) is 5.48. The fourth-order valence-electron chi connectivity index (χ4n) is 2.81. The zero-order chi connectivity index (χ0) is 14.1. The predicted molar refractivity (Wildman–Crippen MR) is 72.9 cm³/mol. The van der Waals surface area contributed by atoms with Gasteiger partial charge in [-0.05, 0) is 24.3 Å². The Kier molecular flexibility index (Phi) is 3.40. The van der Waals surface area contributed by atoms with Crippen molar-refractivity contribution >= 4 is 11.6 Å². The summed E-state index contributed by atoms with van der Waals surface area (Å²) in [7, 11) is 0. The van der Waals surface area contributed by atoms with E-state index in [1.54, 1.807) is 12.1 Å². The highest BCUT2D eigenvalue weighted by atomic mass is 16.6. The molecule has 6 nitrogen and oxygen atoms in total. The Hall–Kier alpha value is -1.95. The van der Waals surface area contributed by atoms with Crippen molar-refractivity contribution in [2.45, 2.75) is 25.4 Å². The van der Waals surface area contributed by atoms with E-state index in [1.165, 1.54) is 25.3 Å². The Morgan fingerprint density at radius 3 is 2.85 bits per heavy atom. The van der Waals surface area contributed by atoms with E-state index in [9.17, 15) is 14.9 Å². The summed E-state index contributed by atoms with van der Waals surface area (Å²) in [6, 6.07) is 6.51. The Labute approximate surface area is 116 Å². The van der Waals surface area contributed by atoms with Crippen LogP contribution in [0.3, 0.4) is 0 Å². The van der Waals surface area contributed by atoms with Gasteiger partial charge >= 0.3 is 0 Å². The van der Waals surface area contributed by atoms with Gasteiger partial charge in [-0.25, -0.2) is 0 Å². The van der Waals surface area contributed by atoms with Crippen LogP contribution < -0.4 is 5.32 Å². The zero-order valence-electron chi connectivity index (χ0n) is 11.1. The Bertz CT molecular complexity index is 542. The second kappa shape index (κ2) is 5.20. The van der Waals surface area contributed by atoms with Crippen LogP contribution in [0.15, 0.2) is 24.3 Å². The summed E-state index contributed by atoms with van der Waals surface area (Å²) in [6.07, 6.45) is 3.35. The van der Waals surface area contributed by atoms with Crippen molar-refractivity contribution < 1.29 is 9.72 Å². The molecule has 1 amide bonds. The standard InChI is InChI=1S/C14H17N3O3/c18-13-8-15-14(16(13)9-10-3-1-4-10)11-5-2-6-12(7-11)17(19)20/h2,5-7,10,14-15H,1,3-4,8-9H2. The van der Waals surface area contributed by atoms with E-state index in [0.717, 1.165) is 12.1 Å². The predicted octanol–water partition coefficient (Wildman–Crippen LogP) is 1.83. The van der Waals surface area contributed by atoms with Gasteiger partial charge in [0, 0.05) is 18.7 Å². The molecule has 1 heterocycles. The molecule has 1 aromatic rings. The molecular weight excluding hydrogens is 258 g/mol. The molecule has 1 aliphatic heterocycles. The van der Waals surface area contributed by atoms with Crippen molar-refractivity contribution in [2.24, 2.45) is 5.92 Å². The van der Waals surface area contributed by atoms with Gasteiger partial charge in [0.15, 0.2) is 0 Å². The van der Waals surface area contributed by atoms with Gasteiger partial charge in [0.2, 0.25) is 5.91 Å². The summed E-state index contributed by atoms with van der Waals surface area (Å²) < 4.78 is 0. The van der Waals surface area contributed by atoms with Crippen LogP contribution in [0, 0.1) is 16.0 Å². The van der Waals surface area contributed by atoms with E-state index in [4.69, 9.17) is 0 Å². The van der Waals surface area contributed by atoms with Crippen LogP contribution in [0.2, 0.25) is 0 Å². The minimum Gasteiger partial charge on any atom is -0.322 e. The van der Waals surface area contributed by atoms with Crippen molar-refractivity contribution in [2.75, 3.05) is 13.1 Å². The molecule has 1 aromatic carbocycles. The minimum atomic E-state index is -0.406. The van der Waals surface area contributed by atoms with E-state index in [2.05, 4.69) is 5.32 Å². The Morgan fingerprint density at radius 1 is 1.40 bits per heavy atom. The normalized spacial score (nSPS) is 22.9. The van der Waals surface area contributed by atoms with Gasteiger partial charge in [0.1, 0.15) is 6.17 Å². The van der Waals surface area contributed by atoms with Crippen molar-refractivity contribution in [3.8, 4) is 0 Å². The van der Waals surface area contributed by atoms with Gasteiger partial charge in [-0.1, -0.05) is 18.6 Å². The Morgan fingerprint density at radius 2 is 2.20 bits per heavy atom. The van der Waals surface area contributed by atoms with E-state index in [0.29, 0.717) is 12.5 Å². The van der Waals surface area contributed by atoms with Crippen LogP contribution in [0.4, 0.5) is 5.69 Å². The molecule has 3 rings (SSSR count). The molecule has 0 spiro atoms. The minimum absolute atomic E-state index is 0.0623. The third kappa shape index (κ3) is 2.38. The molecule has 106 valence electrons. The molecular formula is C14H17N3O3. The number of rotatable bonds is 4. The molecule has 0 bridgehead atoms. The summed E-state index contributed by atoms with van der Waals surface area (Å²) in [5.74, 6) is 0.661. The summed E-state index contributed by atoms with van der Waals surface area (Å²) in [5.41, 5.74) is 0.844. The lowest BCUT2D eigenvalue weighted by Gasteiger charge is -2.33. The topological polar surface area (TPSA) is 75.5 Å². The van der Waals surface area contributed by atoms with Crippen molar-refractivity contribution in [3.63, 3.8) is 0 Å². The monoisotopic (exact) mass is 275 g/mol. The smallest absolute Gasteiger partial charge is 0.269 e. The molecule has 2 aliphatic rings. The molecule has 1 saturated carbocycles. The summed E-state index contributed by atoms with van der Waals surface area (Å²) in [6.45, 7) is 1.05. The lowest BCUT2D eigenvalue weighted by Crippen LogP contribution is -2.36. The number of carbonyl (C=O) groups excluding carboxylic acids is 1. The zero-order valence-corrected chi connectivity index (χ0v) is 11.1. The highest BCUT2D eigenvalue weighted by Gasteiger charge is 2.34. The number of nitro groups is 1. The molecule has 2 fully saturated rings. The van der Waals surface area contributed by atoms with Crippen LogP contribution in [0.1, 0.15) is 31.0 Å². The quantitative estimate of drug-likeness (QED) is 0.672. The first-order valence-electron chi connectivity index (χ1n) is 6.92. The largest absolute Gasteiger partial charge is 0.322 e. The number of amides is 1. The maximum atomic E-state index is 12.0. The van der Waals surface area contributed by atoms with E-state index in [1.807, 2.05) is 11.0 Å². The van der Waals surface area contributed by atoms with Crippen molar-refractivity contribution in [1.82, 2.24) is 10.2 Å². The first-order valence-corrected chi connectivity index (χ1v) is 6.92. The number of nitrogens with one attached hydrogen (secondary N) is 1.